The van der Waals surface area contributed by atoms with Gasteiger partial charge in [-0.25, -0.2) is 9.59 Å². The van der Waals surface area contributed by atoms with E-state index in [0.29, 0.717) is 23.8 Å². The molecule has 1 aromatic carbocycles. The van der Waals surface area contributed by atoms with Crippen LogP contribution in [0.1, 0.15) is 58.1 Å². The van der Waals surface area contributed by atoms with Crippen LogP contribution in [-0.2, 0) is 9.53 Å². The first-order valence-corrected chi connectivity index (χ1v) is 9.70. The summed E-state index contributed by atoms with van der Waals surface area (Å²) in [6, 6.07) is 6.55. The number of esters is 1. The minimum absolute atomic E-state index is 0.0485. The molecule has 1 heterocycles. The lowest BCUT2D eigenvalue weighted by atomic mass is 9.89. The number of carbonyl (C=O) groups is 2. The first kappa shape index (κ1) is 19.3. The third-order valence-electron chi connectivity index (χ3n) is 5.25. The number of ether oxygens (including phenoxy) is 2. The van der Waals surface area contributed by atoms with Crippen LogP contribution in [-0.4, -0.2) is 24.7 Å². The van der Waals surface area contributed by atoms with Crippen LogP contribution in [0.25, 0.3) is 0 Å². The normalized spacial score (nSPS) is 25.4. The topological polar surface area (TPSA) is 76.7 Å². The molecule has 0 aromatic heterocycles. The van der Waals surface area contributed by atoms with Crippen molar-refractivity contribution >= 4 is 12.0 Å². The molecule has 0 spiro atoms. The average Bonchev–Trinajstić information content (AvgIpc) is 2.64. The standard InChI is InChI=1S/C21H28N2O4/c1-4-26-16-11-7-15(8-12-16)19-18(14(3)22-21(25)23-19)20(24)27-17-9-5-13(2)6-10-17/h7-8,11-13,17,19H,4-6,9-10H2,1-3H3,(H2,22,23,25). The van der Waals surface area contributed by atoms with Crippen LogP contribution in [0.5, 0.6) is 5.75 Å². The van der Waals surface area contributed by atoms with Crippen LogP contribution in [0, 0.1) is 5.92 Å². The molecule has 0 bridgehead atoms. The van der Waals surface area contributed by atoms with E-state index >= 15 is 0 Å². The van der Waals surface area contributed by atoms with E-state index in [0.717, 1.165) is 37.0 Å². The van der Waals surface area contributed by atoms with E-state index in [1.165, 1.54) is 0 Å². The highest BCUT2D eigenvalue weighted by atomic mass is 16.5. The molecular weight excluding hydrogens is 344 g/mol. The lowest BCUT2D eigenvalue weighted by molar-refractivity contribution is -0.146. The Bertz CT molecular complexity index is 718. The van der Waals surface area contributed by atoms with Gasteiger partial charge >= 0.3 is 12.0 Å². The average molecular weight is 372 g/mol. The van der Waals surface area contributed by atoms with Crippen molar-refractivity contribution < 1.29 is 19.1 Å². The number of hydrogen-bond acceptors (Lipinski definition) is 4. The van der Waals surface area contributed by atoms with Gasteiger partial charge in [-0.2, -0.15) is 0 Å². The highest BCUT2D eigenvalue weighted by Gasteiger charge is 2.34. The summed E-state index contributed by atoms with van der Waals surface area (Å²) >= 11 is 0. The number of nitrogens with one attached hydrogen (secondary N) is 2. The van der Waals surface area contributed by atoms with Crippen molar-refractivity contribution in [2.24, 2.45) is 5.92 Å². The molecule has 6 nitrogen and oxygen atoms in total. The van der Waals surface area contributed by atoms with Crippen LogP contribution in [0.4, 0.5) is 4.79 Å². The van der Waals surface area contributed by atoms with Gasteiger partial charge in [-0.05, 0) is 63.1 Å². The lowest BCUT2D eigenvalue weighted by Gasteiger charge is -2.31. The maximum atomic E-state index is 12.9. The van der Waals surface area contributed by atoms with E-state index < -0.39 is 6.04 Å². The molecule has 1 unspecified atom stereocenters. The number of carbonyl (C=O) groups excluding carboxylic acids is 2. The van der Waals surface area contributed by atoms with Crippen LogP contribution in [0.2, 0.25) is 0 Å². The fourth-order valence-corrected chi connectivity index (χ4v) is 3.70. The second kappa shape index (κ2) is 8.46. The molecule has 1 aliphatic carbocycles. The summed E-state index contributed by atoms with van der Waals surface area (Å²) in [6.07, 6.45) is 3.90. The minimum Gasteiger partial charge on any atom is -0.494 e. The molecule has 27 heavy (non-hydrogen) atoms. The Morgan fingerprint density at radius 1 is 1.15 bits per heavy atom. The van der Waals surface area contributed by atoms with Gasteiger partial charge in [0, 0.05) is 5.70 Å². The van der Waals surface area contributed by atoms with Gasteiger partial charge in [0.2, 0.25) is 0 Å². The minimum atomic E-state index is -0.538. The third-order valence-corrected chi connectivity index (χ3v) is 5.25. The van der Waals surface area contributed by atoms with Gasteiger partial charge in [-0.1, -0.05) is 19.1 Å². The van der Waals surface area contributed by atoms with E-state index in [-0.39, 0.29) is 18.1 Å². The van der Waals surface area contributed by atoms with Crippen LogP contribution in [0.15, 0.2) is 35.5 Å². The Morgan fingerprint density at radius 2 is 1.81 bits per heavy atom. The molecule has 1 saturated carbocycles. The molecule has 2 aliphatic rings. The fraction of sp³-hybridized carbons (Fsp3) is 0.524. The molecule has 6 heteroatoms. The van der Waals surface area contributed by atoms with Crippen LogP contribution >= 0.6 is 0 Å². The van der Waals surface area contributed by atoms with Gasteiger partial charge in [0.25, 0.3) is 0 Å². The van der Waals surface area contributed by atoms with E-state index in [9.17, 15) is 9.59 Å². The van der Waals surface area contributed by atoms with E-state index in [1.807, 2.05) is 31.2 Å². The number of benzene rings is 1. The second-order valence-corrected chi connectivity index (χ2v) is 7.36. The van der Waals surface area contributed by atoms with Gasteiger partial charge in [-0.15, -0.1) is 0 Å². The van der Waals surface area contributed by atoms with E-state index in [1.54, 1.807) is 6.92 Å². The number of urea groups is 1. The van der Waals surface area contributed by atoms with Gasteiger partial charge < -0.3 is 20.1 Å². The molecule has 2 N–H and O–H groups in total. The fourth-order valence-electron chi connectivity index (χ4n) is 3.70. The maximum Gasteiger partial charge on any atom is 0.338 e. The smallest absolute Gasteiger partial charge is 0.338 e. The van der Waals surface area contributed by atoms with Gasteiger partial charge in [0.05, 0.1) is 18.2 Å². The molecule has 146 valence electrons. The maximum absolute atomic E-state index is 12.9. The highest BCUT2D eigenvalue weighted by molar-refractivity contribution is 5.95. The molecule has 1 aromatic rings. The zero-order valence-electron chi connectivity index (χ0n) is 16.2. The van der Waals surface area contributed by atoms with Crippen molar-refractivity contribution in [1.82, 2.24) is 10.6 Å². The van der Waals surface area contributed by atoms with Crippen molar-refractivity contribution in [3.05, 3.63) is 41.1 Å². The van der Waals surface area contributed by atoms with E-state index in [4.69, 9.17) is 9.47 Å². The zero-order chi connectivity index (χ0) is 19.4. The predicted molar refractivity (Wildman–Crippen MR) is 102 cm³/mol. The first-order valence-electron chi connectivity index (χ1n) is 9.70. The van der Waals surface area contributed by atoms with Crippen LogP contribution < -0.4 is 15.4 Å². The van der Waals surface area contributed by atoms with E-state index in [2.05, 4.69) is 17.6 Å². The molecule has 1 fully saturated rings. The number of rotatable bonds is 5. The highest BCUT2D eigenvalue weighted by Crippen LogP contribution is 2.31. The number of amides is 2. The Morgan fingerprint density at radius 3 is 2.44 bits per heavy atom. The largest absolute Gasteiger partial charge is 0.494 e. The summed E-state index contributed by atoms with van der Waals surface area (Å²) in [4.78, 5) is 24.9. The van der Waals surface area contributed by atoms with Gasteiger partial charge in [0.1, 0.15) is 11.9 Å². The number of hydrogen-bond donors (Lipinski definition) is 2. The second-order valence-electron chi connectivity index (χ2n) is 7.36. The Kier molecular flexibility index (Phi) is 6.04. The van der Waals surface area contributed by atoms with Crippen LogP contribution in [0.3, 0.4) is 0 Å². The summed E-state index contributed by atoms with van der Waals surface area (Å²) in [5.74, 6) is 1.08. The summed E-state index contributed by atoms with van der Waals surface area (Å²) in [6.45, 7) is 6.47. The van der Waals surface area contributed by atoms with Crippen molar-refractivity contribution in [2.45, 2.75) is 58.6 Å². The molecule has 1 aliphatic heterocycles. The lowest BCUT2D eigenvalue weighted by Crippen LogP contribution is -2.45. The SMILES string of the molecule is CCOc1ccc(C2NC(=O)NC(C)=C2C(=O)OC2CCC(C)CC2)cc1. The zero-order valence-corrected chi connectivity index (χ0v) is 16.2. The van der Waals surface area contributed by atoms with Gasteiger partial charge in [-0.3, -0.25) is 0 Å². The van der Waals surface area contributed by atoms with Crippen molar-refractivity contribution in [3.8, 4) is 5.75 Å². The summed E-state index contributed by atoms with van der Waals surface area (Å²) in [7, 11) is 0. The summed E-state index contributed by atoms with van der Waals surface area (Å²) in [5.41, 5.74) is 1.81. The summed E-state index contributed by atoms with van der Waals surface area (Å²) in [5, 5.41) is 5.53. The molecule has 0 radical (unpaired) electrons. The number of allylic oxidation sites excluding steroid dienone is 1. The molecule has 0 saturated heterocycles. The Labute approximate surface area is 160 Å². The van der Waals surface area contributed by atoms with Crippen molar-refractivity contribution in [1.29, 1.82) is 0 Å². The molecule has 3 rings (SSSR count). The van der Waals surface area contributed by atoms with Crippen molar-refractivity contribution in [2.75, 3.05) is 6.61 Å². The van der Waals surface area contributed by atoms with Gasteiger partial charge in [0.15, 0.2) is 0 Å². The quantitative estimate of drug-likeness (QED) is 0.770. The third kappa shape index (κ3) is 4.62. The summed E-state index contributed by atoms with van der Waals surface area (Å²) < 4.78 is 11.3. The molecule has 1 atom stereocenters. The Hall–Kier alpha value is -2.50. The van der Waals surface area contributed by atoms with Crippen molar-refractivity contribution in [3.63, 3.8) is 0 Å². The molecular formula is C21H28N2O4. The predicted octanol–water partition coefficient (Wildman–Crippen LogP) is 3.84. The molecule has 2 amide bonds. The monoisotopic (exact) mass is 372 g/mol. The Balaban J connectivity index is 1.79. The first-order chi connectivity index (χ1) is 13.0.